The number of ether oxygens (including phenoxy) is 2. The Hall–Kier alpha value is -3.88. The molecule has 2 aromatic rings. The van der Waals surface area contributed by atoms with Crippen LogP contribution in [-0.2, 0) is 36.9 Å². The zero-order valence-electron chi connectivity index (χ0n) is 17.8. The van der Waals surface area contributed by atoms with E-state index in [9.17, 15) is 19.2 Å². The van der Waals surface area contributed by atoms with E-state index in [0.717, 1.165) is 11.1 Å². The van der Waals surface area contributed by atoms with E-state index in [2.05, 4.69) is 15.4 Å². The van der Waals surface area contributed by atoms with Gasteiger partial charge in [0.2, 0.25) is 11.8 Å². The average molecular weight is 441 g/mol. The predicted molar refractivity (Wildman–Crippen MR) is 116 cm³/mol. The lowest BCUT2D eigenvalue weighted by atomic mass is 10.0. The van der Waals surface area contributed by atoms with Gasteiger partial charge in [-0.25, -0.2) is 4.79 Å². The highest BCUT2D eigenvalue weighted by Crippen LogP contribution is 2.07. The molecule has 2 rings (SSSR count). The number of rotatable bonds is 11. The molecular weight excluding hydrogens is 414 g/mol. The van der Waals surface area contributed by atoms with Crippen LogP contribution in [0.1, 0.15) is 24.0 Å². The Morgan fingerprint density at radius 2 is 1.47 bits per heavy atom. The van der Waals surface area contributed by atoms with Crippen LogP contribution in [0, 0.1) is 0 Å². The van der Waals surface area contributed by atoms with E-state index in [0.29, 0.717) is 0 Å². The van der Waals surface area contributed by atoms with Crippen LogP contribution >= 0.6 is 0 Å². The van der Waals surface area contributed by atoms with Gasteiger partial charge < -0.3 is 25.8 Å². The highest BCUT2D eigenvalue weighted by molar-refractivity contribution is 5.91. The molecule has 0 fully saturated rings. The van der Waals surface area contributed by atoms with E-state index in [1.807, 2.05) is 24.3 Å². The number of nitrogens with one attached hydrogen (secondary N) is 2. The highest BCUT2D eigenvalue weighted by Gasteiger charge is 2.27. The van der Waals surface area contributed by atoms with E-state index in [4.69, 9.17) is 10.5 Å². The second-order valence-electron chi connectivity index (χ2n) is 7.03. The molecule has 0 aliphatic heterocycles. The summed E-state index contributed by atoms with van der Waals surface area (Å²) in [5, 5.41) is 5.04. The Morgan fingerprint density at radius 1 is 0.875 bits per heavy atom. The molecule has 32 heavy (non-hydrogen) atoms. The quantitative estimate of drug-likeness (QED) is 0.452. The number of esters is 1. The van der Waals surface area contributed by atoms with Gasteiger partial charge in [0.05, 0.1) is 7.11 Å². The highest BCUT2D eigenvalue weighted by atomic mass is 16.5. The molecule has 9 heteroatoms. The third kappa shape index (κ3) is 8.47. The van der Waals surface area contributed by atoms with Crippen molar-refractivity contribution >= 4 is 23.9 Å². The zero-order valence-corrected chi connectivity index (χ0v) is 17.8. The Bertz CT molecular complexity index is 904. The van der Waals surface area contributed by atoms with E-state index in [1.54, 1.807) is 36.4 Å². The number of hydrogen-bond donors (Lipinski definition) is 3. The lowest BCUT2D eigenvalue weighted by molar-refractivity contribution is -0.141. The largest absolute Gasteiger partial charge is 0.469 e. The summed E-state index contributed by atoms with van der Waals surface area (Å²) in [4.78, 5) is 48.3. The topological polar surface area (TPSA) is 137 Å². The first-order valence-corrected chi connectivity index (χ1v) is 10.1. The molecule has 0 aromatic heterocycles. The molecule has 0 aliphatic carbocycles. The van der Waals surface area contributed by atoms with Crippen molar-refractivity contribution in [1.82, 2.24) is 10.6 Å². The fourth-order valence-electron chi connectivity index (χ4n) is 2.89. The van der Waals surface area contributed by atoms with Crippen LogP contribution in [0.25, 0.3) is 0 Å². The third-order valence-corrected chi connectivity index (χ3v) is 4.63. The Labute approximate surface area is 186 Å². The molecule has 9 nitrogen and oxygen atoms in total. The van der Waals surface area contributed by atoms with E-state index < -0.39 is 36.0 Å². The minimum absolute atomic E-state index is 0.0236. The summed E-state index contributed by atoms with van der Waals surface area (Å²) in [6.07, 6.45) is -0.740. The van der Waals surface area contributed by atoms with Crippen molar-refractivity contribution in [3.63, 3.8) is 0 Å². The molecule has 2 atom stereocenters. The van der Waals surface area contributed by atoms with Gasteiger partial charge in [-0.2, -0.15) is 0 Å². The van der Waals surface area contributed by atoms with E-state index in [-0.39, 0.29) is 25.9 Å². The first-order chi connectivity index (χ1) is 15.4. The van der Waals surface area contributed by atoms with Crippen LogP contribution in [0.15, 0.2) is 60.7 Å². The summed E-state index contributed by atoms with van der Waals surface area (Å²) in [6.45, 7) is 0.0371. The van der Waals surface area contributed by atoms with Crippen molar-refractivity contribution in [1.29, 1.82) is 0 Å². The predicted octanol–water partition coefficient (Wildman–Crippen LogP) is 1.45. The lowest BCUT2D eigenvalue weighted by Crippen LogP contribution is -2.53. The number of benzene rings is 2. The number of carbonyl (C=O) groups excluding carboxylic acids is 4. The van der Waals surface area contributed by atoms with Gasteiger partial charge in [-0.1, -0.05) is 60.7 Å². The van der Waals surface area contributed by atoms with Crippen molar-refractivity contribution in [2.75, 3.05) is 7.11 Å². The molecule has 4 N–H and O–H groups in total. The fraction of sp³-hybridized carbons (Fsp3) is 0.304. The Morgan fingerprint density at radius 3 is 2.03 bits per heavy atom. The maximum atomic E-state index is 12.9. The van der Waals surface area contributed by atoms with Gasteiger partial charge in [-0.3, -0.25) is 14.4 Å². The van der Waals surface area contributed by atoms with Crippen LogP contribution in [0.2, 0.25) is 0 Å². The molecule has 170 valence electrons. The van der Waals surface area contributed by atoms with Crippen LogP contribution in [0.4, 0.5) is 4.79 Å². The number of primary amides is 1. The minimum atomic E-state index is -1.10. The maximum absolute atomic E-state index is 12.9. The molecule has 0 heterocycles. The maximum Gasteiger partial charge on any atom is 0.408 e. The van der Waals surface area contributed by atoms with Crippen LogP contribution < -0.4 is 16.4 Å². The molecule has 0 bridgehead atoms. The van der Waals surface area contributed by atoms with E-state index in [1.165, 1.54) is 7.11 Å². The van der Waals surface area contributed by atoms with Crippen molar-refractivity contribution in [2.45, 2.75) is 38.0 Å². The second kappa shape index (κ2) is 12.7. The molecule has 0 saturated heterocycles. The molecule has 0 unspecified atom stereocenters. The first-order valence-electron chi connectivity index (χ1n) is 10.1. The molecular formula is C23H27N3O6. The van der Waals surface area contributed by atoms with Crippen molar-refractivity contribution in [3.8, 4) is 0 Å². The molecule has 3 amide bonds. The summed E-state index contributed by atoms with van der Waals surface area (Å²) in [7, 11) is 1.22. The van der Waals surface area contributed by atoms with Crippen LogP contribution in [0.5, 0.6) is 0 Å². The van der Waals surface area contributed by atoms with Gasteiger partial charge in [-0.15, -0.1) is 0 Å². The fourth-order valence-corrected chi connectivity index (χ4v) is 2.89. The zero-order chi connectivity index (χ0) is 23.3. The van der Waals surface area contributed by atoms with Gasteiger partial charge >= 0.3 is 12.1 Å². The third-order valence-electron chi connectivity index (χ3n) is 4.63. The number of hydrogen-bond acceptors (Lipinski definition) is 6. The van der Waals surface area contributed by atoms with Crippen molar-refractivity contribution in [2.24, 2.45) is 5.73 Å². The van der Waals surface area contributed by atoms with Gasteiger partial charge in [0.15, 0.2) is 0 Å². The number of carbonyl (C=O) groups is 4. The van der Waals surface area contributed by atoms with Crippen LogP contribution in [0.3, 0.4) is 0 Å². The standard InChI is InChI=1S/C23H27N3O6/c1-31-20(27)13-12-18(21(24)28)25-22(29)19(14-16-8-4-2-5-9-16)26-23(30)32-15-17-10-6-3-7-11-17/h2-11,18-19H,12-15H2,1H3,(H2,24,28)(H,25,29)(H,26,30)/t18-,19+/m0/s1. The van der Waals surface area contributed by atoms with Crippen molar-refractivity contribution < 1.29 is 28.7 Å². The number of alkyl carbamates (subject to hydrolysis) is 1. The van der Waals surface area contributed by atoms with Gasteiger partial charge in [0.1, 0.15) is 18.7 Å². The molecule has 2 aromatic carbocycles. The smallest absolute Gasteiger partial charge is 0.408 e. The Balaban J connectivity index is 2.05. The summed E-state index contributed by atoms with van der Waals surface area (Å²) >= 11 is 0. The monoisotopic (exact) mass is 441 g/mol. The lowest BCUT2D eigenvalue weighted by Gasteiger charge is -2.22. The van der Waals surface area contributed by atoms with Gasteiger partial charge in [0.25, 0.3) is 0 Å². The summed E-state index contributed by atoms with van der Waals surface area (Å²) in [5.74, 6) is -1.96. The average Bonchev–Trinajstić information content (AvgIpc) is 2.80. The first kappa shape index (κ1) is 24.4. The number of methoxy groups -OCH3 is 1. The van der Waals surface area contributed by atoms with Gasteiger partial charge in [0, 0.05) is 12.8 Å². The summed E-state index contributed by atoms with van der Waals surface area (Å²) in [5.41, 5.74) is 6.95. The normalized spacial score (nSPS) is 12.2. The van der Waals surface area contributed by atoms with Crippen LogP contribution in [-0.4, -0.2) is 43.1 Å². The molecule has 0 spiro atoms. The molecule has 0 saturated carbocycles. The molecule has 0 radical (unpaired) electrons. The van der Waals surface area contributed by atoms with Gasteiger partial charge in [-0.05, 0) is 17.5 Å². The molecule has 0 aliphatic rings. The van der Waals surface area contributed by atoms with E-state index >= 15 is 0 Å². The minimum Gasteiger partial charge on any atom is -0.469 e. The summed E-state index contributed by atoms with van der Waals surface area (Å²) in [6, 6.07) is 16.0. The number of amides is 3. The SMILES string of the molecule is COC(=O)CC[C@H](NC(=O)[C@@H](Cc1ccccc1)NC(=O)OCc1ccccc1)C(N)=O. The number of nitrogens with two attached hydrogens (primary N) is 1. The Kier molecular flexibility index (Phi) is 9.70. The summed E-state index contributed by atoms with van der Waals surface area (Å²) < 4.78 is 9.76. The second-order valence-corrected chi connectivity index (χ2v) is 7.03. The van der Waals surface area contributed by atoms with Crippen molar-refractivity contribution in [3.05, 3.63) is 71.8 Å².